The molecule has 3 atom stereocenters. The van der Waals surface area contributed by atoms with Crippen LogP contribution in [0, 0.1) is 23.7 Å². The molecule has 0 aromatic heterocycles. The molecule has 1 aromatic carbocycles. The number of benzene rings is 1. The molecule has 7 nitrogen and oxygen atoms in total. The van der Waals surface area contributed by atoms with Crippen molar-refractivity contribution in [1.82, 2.24) is 4.90 Å². The van der Waals surface area contributed by atoms with Gasteiger partial charge in [0.05, 0.1) is 23.0 Å². The van der Waals surface area contributed by atoms with E-state index in [9.17, 15) is 23.6 Å². The molecule has 1 unspecified atom stereocenters. The molecule has 1 amide bonds. The molecule has 2 saturated heterocycles. The van der Waals surface area contributed by atoms with Gasteiger partial charge in [-0.15, -0.1) is 0 Å². The number of carboxylic acid groups (broad SMARTS) is 1. The number of rotatable bonds is 4. The third-order valence-electron chi connectivity index (χ3n) is 5.13. The van der Waals surface area contributed by atoms with Gasteiger partial charge in [-0.1, -0.05) is 17.7 Å². The number of nitrogens with zero attached hydrogens (tertiary/aromatic N) is 2. The number of aryl methyl sites for hydroxylation is 1. The lowest BCUT2D eigenvalue weighted by atomic mass is 9.77. The summed E-state index contributed by atoms with van der Waals surface area (Å²) in [6.45, 7) is 1.61. The number of hydrogen-bond donors (Lipinski definition) is 1. The SMILES string of the molecule is Cc1ccc(S(=O)(=O)OCC2(C#N)C[C@H]3CC[C@@H](C2)N3C(=O)O)cc1. The molecule has 2 fully saturated rings. The molecule has 1 aromatic rings. The second kappa shape index (κ2) is 6.32. The normalized spacial score (nSPS) is 28.6. The molecule has 0 radical (unpaired) electrons. The molecular weight excluding hydrogens is 344 g/mol. The van der Waals surface area contributed by atoms with E-state index in [0.717, 1.165) is 5.56 Å². The molecule has 3 rings (SSSR count). The summed E-state index contributed by atoms with van der Waals surface area (Å²) >= 11 is 0. The van der Waals surface area contributed by atoms with Gasteiger partial charge in [-0.2, -0.15) is 13.7 Å². The van der Waals surface area contributed by atoms with E-state index in [-0.39, 0.29) is 23.6 Å². The van der Waals surface area contributed by atoms with Crippen molar-refractivity contribution in [3.8, 4) is 6.07 Å². The summed E-state index contributed by atoms with van der Waals surface area (Å²) in [7, 11) is -3.95. The van der Waals surface area contributed by atoms with E-state index >= 15 is 0 Å². The first kappa shape index (κ1) is 17.7. The highest BCUT2D eigenvalue weighted by molar-refractivity contribution is 7.86. The van der Waals surface area contributed by atoms with Crippen LogP contribution in [0.15, 0.2) is 29.2 Å². The Morgan fingerprint density at radius 2 is 1.88 bits per heavy atom. The second-order valence-corrected chi connectivity index (χ2v) is 8.52. The number of nitriles is 1. The van der Waals surface area contributed by atoms with E-state index in [1.54, 1.807) is 12.1 Å². The first-order valence-corrected chi connectivity index (χ1v) is 9.56. The minimum atomic E-state index is -3.95. The molecule has 2 bridgehead atoms. The summed E-state index contributed by atoms with van der Waals surface area (Å²) in [5.41, 5.74) is -0.0414. The van der Waals surface area contributed by atoms with Crippen LogP contribution in [0.5, 0.6) is 0 Å². The summed E-state index contributed by atoms with van der Waals surface area (Å²) in [6.07, 6.45) is 1.02. The molecule has 2 heterocycles. The van der Waals surface area contributed by atoms with Gasteiger partial charge in [-0.3, -0.25) is 4.18 Å². The van der Waals surface area contributed by atoms with E-state index in [4.69, 9.17) is 4.18 Å². The fourth-order valence-corrected chi connectivity index (χ4v) is 4.85. The number of carbonyl (C=O) groups is 1. The first-order valence-electron chi connectivity index (χ1n) is 8.15. The van der Waals surface area contributed by atoms with Crippen molar-refractivity contribution < 1.29 is 22.5 Å². The zero-order chi connectivity index (χ0) is 18.2. The van der Waals surface area contributed by atoms with Gasteiger partial charge in [-0.05, 0) is 44.7 Å². The standard InChI is InChI=1S/C17H20N2O5S/c1-12-2-6-15(7-3-12)25(22,23)24-11-17(10-18)8-13-4-5-14(9-17)19(13)16(20)21/h2-3,6-7,13-14H,4-5,8-9,11H2,1H3,(H,20,21)/t13-,14+,17?. The Morgan fingerprint density at radius 1 is 1.32 bits per heavy atom. The summed E-state index contributed by atoms with van der Waals surface area (Å²) in [4.78, 5) is 12.8. The quantitative estimate of drug-likeness (QED) is 0.823. The van der Waals surface area contributed by atoms with Gasteiger partial charge in [0, 0.05) is 12.1 Å². The number of hydrogen-bond acceptors (Lipinski definition) is 5. The van der Waals surface area contributed by atoms with Gasteiger partial charge >= 0.3 is 6.09 Å². The molecule has 0 saturated carbocycles. The summed E-state index contributed by atoms with van der Waals surface area (Å²) in [5, 5.41) is 19.0. The van der Waals surface area contributed by atoms with Gasteiger partial charge in [0.15, 0.2) is 0 Å². The fourth-order valence-electron chi connectivity index (χ4n) is 3.86. The van der Waals surface area contributed by atoms with Crippen LogP contribution in [0.4, 0.5) is 4.79 Å². The van der Waals surface area contributed by atoms with Crippen molar-refractivity contribution >= 4 is 16.2 Å². The maximum Gasteiger partial charge on any atom is 0.407 e. The Bertz CT molecular complexity index is 798. The van der Waals surface area contributed by atoms with Crippen molar-refractivity contribution in [3.05, 3.63) is 29.8 Å². The second-order valence-electron chi connectivity index (χ2n) is 6.90. The highest BCUT2D eigenvalue weighted by atomic mass is 32.2. The van der Waals surface area contributed by atoms with Crippen LogP contribution in [-0.4, -0.2) is 43.2 Å². The van der Waals surface area contributed by atoms with Crippen LogP contribution in [0.25, 0.3) is 0 Å². The molecule has 2 aliphatic heterocycles. The number of fused-ring (bicyclic) bond motifs is 2. The van der Waals surface area contributed by atoms with Crippen LogP contribution >= 0.6 is 0 Å². The molecule has 1 N–H and O–H groups in total. The fraction of sp³-hybridized carbons (Fsp3) is 0.529. The average molecular weight is 364 g/mol. The molecule has 8 heteroatoms. The van der Waals surface area contributed by atoms with Crippen LogP contribution in [-0.2, 0) is 14.3 Å². The first-order chi connectivity index (χ1) is 11.8. The third-order valence-corrected chi connectivity index (χ3v) is 6.41. The van der Waals surface area contributed by atoms with E-state index in [1.165, 1.54) is 17.0 Å². The predicted octanol–water partition coefficient (Wildman–Crippen LogP) is 2.52. The van der Waals surface area contributed by atoms with E-state index in [1.807, 2.05) is 6.92 Å². The minimum Gasteiger partial charge on any atom is -0.465 e. The van der Waals surface area contributed by atoms with E-state index < -0.39 is 21.6 Å². The Balaban J connectivity index is 1.75. The smallest absolute Gasteiger partial charge is 0.407 e. The van der Waals surface area contributed by atoms with Crippen molar-refractivity contribution in [3.63, 3.8) is 0 Å². The van der Waals surface area contributed by atoms with Crippen molar-refractivity contribution in [2.75, 3.05) is 6.61 Å². The van der Waals surface area contributed by atoms with Gasteiger partial charge in [0.25, 0.3) is 10.1 Å². The summed E-state index contributed by atoms with van der Waals surface area (Å²) < 4.78 is 29.9. The monoisotopic (exact) mass is 364 g/mol. The third kappa shape index (κ3) is 3.34. The largest absolute Gasteiger partial charge is 0.465 e. The maximum absolute atomic E-state index is 12.4. The van der Waals surface area contributed by atoms with Crippen molar-refractivity contribution in [2.45, 2.75) is 49.6 Å². The van der Waals surface area contributed by atoms with Crippen LogP contribution in [0.1, 0.15) is 31.2 Å². The molecule has 134 valence electrons. The van der Waals surface area contributed by atoms with Gasteiger partial charge in [0.2, 0.25) is 0 Å². The Morgan fingerprint density at radius 3 is 2.36 bits per heavy atom. The molecule has 2 aliphatic rings. The van der Waals surface area contributed by atoms with E-state index in [0.29, 0.717) is 25.7 Å². The average Bonchev–Trinajstić information content (AvgIpc) is 2.86. The Labute approximate surface area is 146 Å². The molecule has 0 aliphatic carbocycles. The van der Waals surface area contributed by atoms with Crippen LogP contribution in [0.2, 0.25) is 0 Å². The van der Waals surface area contributed by atoms with Crippen LogP contribution < -0.4 is 0 Å². The topological polar surface area (TPSA) is 108 Å². The minimum absolute atomic E-state index is 0.0529. The Kier molecular flexibility index (Phi) is 4.47. The van der Waals surface area contributed by atoms with Crippen molar-refractivity contribution in [1.29, 1.82) is 5.26 Å². The number of piperidine rings is 1. The summed E-state index contributed by atoms with van der Waals surface area (Å²) in [6, 6.07) is 8.01. The zero-order valence-corrected chi connectivity index (χ0v) is 14.7. The zero-order valence-electron chi connectivity index (χ0n) is 13.9. The van der Waals surface area contributed by atoms with E-state index in [2.05, 4.69) is 6.07 Å². The lowest BCUT2D eigenvalue weighted by molar-refractivity contribution is 0.0455. The van der Waals surface area contributed by atoms with Crippen molar-refractivity contribution in [2.24, 2.45) is 5.41 Å². The van der Waals surface area contributed by atoms with Gasteiger partial charge in [0.1, 0.15) is 0 Å². The maximum atomic E-state index is 12.4. The molecular formula is C17H20N2O5S. The van der Waals surface area contributed by atoms with Gasteiger partial charge < -0.3 is 10.0 Å². The summed E-state index contributed by atoms with van der Waals surface area (Å²) in [5.74, 6) is 0. The predicted molar refractivity (Wildman–Crippen MR) is 88.3 cm³/mol. The lowest BCUT2D eigenvalue weighted by Crippen LogP contribution is -2.51. The van der Waals surface area contributed by atoms with Gasteiger partial charge in [-0.25, -0.2) is 4.79 Å². The Hall–Kier alpha value is -2.11. The highest BCUT2D eigenvalue weighted by Crippen LogP contribution is 2.45. The number of amides is 1. The van der Waals surface area contributed by atoms with Crippen LogP contribution in [0.3, 0.4) is 0 Å². The highest BCUT2D eigenvalue weighted by Gasteiger charge is 2.51. The molecule has 25 heavy (non-hydrogen) atoms. The molecule has 0 spiro atoms. The lowest BCUT2D eigenvalue weighted by Gasteiger charge is -2.41.